The number of halogens is 1. The monoisotopic (exact) mass is 182 g/mol. The Balaban J connectivity index is 2.88. The number of aromatic nitrogens is 4. The first-order valence-corrected chi connectivity index (χ1v) is 3.91. The quantitative estimate of drug-likeness (QED) is 0.579. The van der Waals surface area contributed by atoms with Gasteiger partial charge in [-0.25, -0.2) is 4.98 Å². The lowest BCUT2D eigenvalue weighted by molar-refractivity contribution is 0.910. The highest BCUT2D eigenvalue weighted by molar-refractivity contribution is 6.29. The Morgan fingerprint density at radius 3 is 2.83 bits per heavy atom. The van der Waals surface area contributed by atoms with Crippen LogP contribution in [0.2, 0.25) is 5.15 Å². The summed E-state index contributed by atoms with van der Waals surface area (Å²) in [6, 6.07) is 1.75. The second-order valence-corrected chi connectivity index (χ2v) is 2.98. The summed E-state index contributed by atoms with van der Waals surface area (Å²) in [5.74, 6) is 1.23. The first-order chi connectivity index (χ1) is 5.66. The van der Waals surface area contributed by atoms with Crippen molar-refractivity contribution in [3.8, 4) is 0 Å². The molecule has 0 amide bonds. The van der Waals surface area contributed by atoms with Crippen LogP contribution in [0, 0.1) is 13.8 Å². The average Bonchev–Trinajstić information content (AvgIpc) is 2.29. The Bertz CT molecular complexity index is 434. The lowest BCUT2D eigenvalue weighted by Crippen LogP contribution is -1.94. The van der Waals surface area contributed by atoms with Gasteiger partial charge in [0.05, 0.1) is 0 Å². The van der Waals surface area contributed by atoms with Gasteiger partial charge in [0.1, 0.15) is 11.0 Å². The minimum absolute atomic E-state index is 0.540. The molecule has 4 nitrogen and oxygen atoms in total. The highest BCUT2D eigenvalue weighted by atomic mass is 35.5. The molecule has 0 bridgehead atoms. The van der Waals surface area contributed by atoms with Crippen molar-refractivity contribution in [1.82, 2.24) is 19.6 Å². The van der Waals surface area contributed by atoms with Gasteiger partial charge in [0, 0.05) is 5.69 Å². The van der Waals surface area contributed by atoms with Crippen LogP contribution < -0.4 is 0 Å². The molecule has 0 saturated carbocycles. The van der Waals surface area contributed by atoms with E-state index >= 15 is 0 Å². The molecule has 0 saturated heterocycles. The van der Waals surface area contributed by atoms with E-state index in [-0.39, 0.29) is 0 Å². The van der Waals surface area contributed by atoms with Crippen molar-refractivity contribution >= 4 is 17.4 Å². The molecule has 12 heavy (non-hydrogen) atoms. The molecule has 2 aromatic rings. The van der Waals surface area contributed by atoms with E-state index in [1.807, 2.05) is 6.92 Å². The van der Waals surface area contributed by atoms with Crippen molar-refractivity contribution in [3.63, 3.8) is 0 Å². The zero-order valence-corrected chi connectivity index (χ0v) is 7.50. The second kappa shape index (κ2) is 2.42. The summed E-state index contributed by atoms with van der Waals surface area (Å²) in [6.45, 7) is 3.68. The molecule has 2 heterocycles. The van der Waals surface area contributed by atoms with Gasteiger partial charge in [0.2, 0.25) is 0 Å². The van der Waals surface area contributed by atoms with E-state index in [0.717, 1.165) is 5.69 Å². The van der Waals surface area contributed by atoms with E-state index in [1.165, 1.54) is 4.52 Å². The molecule has 0 unspecified atom stereocenters. The number of hydrogen-bond donors (Lipinski definition) is 0. The van der Waals surface area contributed by atoms with Crippen LogP contribution in [0.15, 0.2) is 6.07 Å². The van der Waals surface area contributed by atoms with Gasteiger partial charge >= 0.3 is 0 Å². The van der Waals surface area contributed by atoms with Crippen LogP contribution in [-0.4, -0.2) is 19.6 Å². The summed E-state index contributed by atoms with van der Waals surface area (Å²) in [7, 11) is 0. The summed E-state index contributed by atoms with van der Waals surface area (Å²) < 4.78 is 1.52. The lowest BCUT2D eigenvalue weighted by atomic mass is 10.5. The van der Waals surface area contributed by atoms with Gasteiger partial charge < -0.3 is 0 Å². The van der Waals surface area contributed by atoms with Gasteiger partial charge in [0.15, 0.2) is 0 Å². The van der Waals surface area contributed by atoms with Gasteiger partial charge in [-0.15, -0.1) is 5.10 Å². The van der Waals surface area contributed by atoms with Crippen molar-refractivity contribution < 1.29 is 0 Å². The molecule has 0 aliphatic carbocycles. The zero-order valence-electron chi connectivity index (χ0n) is 6.74. The molecule has 2 rings (SSSR count). The SMILES string of the molecule is Cc1cc(Cl)n2nc(C)nc2n1. The van der Waals surface area contributed by atoms with E-state index in [2.05, 4.69) is 15.1 Å². The number of fused-ring (bicyclic) bond motifs is 1. The molecule has 0 atom stereocenters. The van der Waals surface area contributed by atoms with E-state index in [1.54, 1.807) is 13.0 Å². The van der Waals surface area contributed by atoms with Crippen molar-refractivity contribution in [3.05, 3.63) is 22.7 Å². The Morgan fingerprint density at radius 1 is 1.33 bits per heavy atom. The Labute approximate surface area is 74.2 Å². The van der Waals surface area contributed by atoms with Crippen molar-refractivity contribution in [2.24, 2.45) is 0 Å². The summed E-state index contributed by atoms with van der Waals surface area (Å²) in [4.78, 5) is 8.25. The van der Waals surface area contributed by atoms with Crippen molar-refractivity contribution in [2.75, 3.05) is 0 Å². The minimum Gasteiger partial charge on any atom is -0.216 e. The Hall–Kier alpha value is -1.16. The number of aryl methyl sites for hydroxylation is 2. The fraction of sp³-hybridized carbons (Fsp3) is 0.286. The Morgan fingerprint density at radius 2 is 2.08 bits per heavy atom. The number of rotatable bonds is 0. The van der Waals surface area contributed by atoms with Crippen LogP contribution in [0.4, 0.5) is 0 Å². The maximum Gasteiger partial charge on any atom is 0.254 e. The highest BCUT2D eigenvalue weighted by Gasteiger charge is 2.04. The largest absolute Gasteiger partial charge is 0.254 e. The van der Waals surface area contributed by atoms with E-state index in [9.17, 15) is 0 Å². The third-order valence-electron chi connectivity index (χ3n) is 1.50. The van der Waals surface area contributed by atoms with Gasteiger partial charge in [-0.05, 0) is 19.9 Å². The molecular formula is C7H7ClN4. The van der Waals surface area contributed by atoms with Crippen molar-refractivity contribution in [1.29, 1.82) is 0 Å². The minimum atomic E-state index is 0.540. The van der Waals surface area contributed by atoms with Gasteiger partial charge in [-0.2, -0.15) is 9.50 Å². The van der Waals surface area contributed by atoms with Crippen LogP contribution in [0.5, 0.6) is 0 Å². The molecule has 0 spiro atoms. The van der Waals surface area contributed by atoms with Gasteiger partial charge in [-0.3, -0.25) is 0 Å². The molecule has 0 aliphatic rings. The number of hydrogen-bond acceptors (Lipinski definition) is 3. The second-order valence-electron chi connectivity index (χ2n) is 2.59. The molecule has 2 aromatic heterocycles. The van der Waals surface area contributed by atoms with Crippen LogP contribution in [0.25, 0.3) is 5.78 Å². The molecule has 0 aliphatic heterocycles. The summed E-state index contributed by atoms with van der Waals surface area (Å²) in [5.41, 5.74) is 0.847. The predicted octanol–water partition coefficient (Wildman–Crippen LogP) is 1.39. The van der Waals surface area contributed by atoms with Crippen LogP contribution in [-0.2, 0) is 0 Å². The number of nitrogens with zero attached hydrogens (tertiary/aromatic N) is 4. The zero-order chi connectivity index (χ0) is 8.72. The molecule has 0 fully saturated rings. The fourth-order valence-electron chi connectivity index (χ4n) is 1.04. The molecule has 62 valence electrons. The molecular weight excluding hydrogens is 176 g/mol. The average molecular weight is 183 g/mol. The van der Waals surface area contributed by atoms with Crippen LogP contribution in [0.3, 0.4) is 0 Å². The summed E-state index contributed by atoms with van der Waals surface area (Å²) >= 11 is 5.90. The van der Waals surface area contributed by atoms with Gasteiger partial charge in [0.25, 0.3) is 5.78 Å². The fourth-order valence-corrected chi connectivity index (χ4v) is 1.31. The van der Waals surface area contributed by atoms with E-state index in [4.69, 9.17) is 11.6 Å². The molecule has 0 N–H and O–H groups in total. The molecule has 0 aromatic carbocycles. The lowest BCUT2D eigenvalue weighted by Gasteiger charge is -1.95. The Kier molecular flexibility index (Phi) is 1.51. The van der Waals surface area contributed by atoms with Crippen molar-refractivity contribution in [2.45, 2.75) is 13.8 Å². The molecule has 0 radical (unpaired) electrons. The normalized spacial score (nSPS) is 10.9. The summed E-state index contributed by atoms with van der Waals surface area (Å²) in [5, 5.41) is 4.60. The topological polar surface area (TPSA) is 43.1 Å². The first-order valence-electron chi connectivity index (χ1n) is 3.53. The summed E-state index contributed by atoms with van der Waals surface area (Å²) in [6.07, 6.45) is 0. The molecule has 5 heteroatoms. The maximum atomic E-state index is 5.90. The maximum absolute atomic E-state index is 5.90. The van der Waals surface area contributed by atoms with Crippen LogP contribution >= 0.6 is 11.6 Å². The van der Waals surface area contributed by atoms with Crippen LogP contribution in [0.1, 0.15) is 11.5 Å². The van der Waals surface area contributed by atoms with E-state index < -0.39 is 0 Å². The predicted molar refractivity (Wildman–Crippen MR) is 45.3 cm³/mol. The smallest absolute Gasteiger partial charge is 0.216 e. The standard InChI is InChI=1S/C7H7ClN4/c1-4-3-6(8)12-7(9-4)10-5(2)11-12/h3H,1-2H3. The third kappa shape index (κ3) is 1.04. The highest BCUT2D eigenvalue weighted by Crippen LogP contribution is 2.10. The van der Waals surface area contributed by atoms with Gasteiger partial charge in [-0.1, -0.05) is 11.6 Å². The third-order valence-corrected chi connectivity index (χ3v) is 1.77. The first kappa shape index (κ1) is 7.49. The van der Waals surface area contributed by atoms with E-state index in [0.29, 0.717) is 16.8 Å².